The Morgan fingerprint density at radius 1 is 0.830 bits per heavy atom. The van der Waals surface area contributed by atoms with E-state index in [0.717, 1.165) is 32.7 Å². The van der Waals surface area contributed by atoms with Crippen molar-refractivity contribution in [2.45, 2.75) is 43.7 Å². The van der Waals surface area contributed by atoms with Gasteiger partial charge in [0, 0.05) is 30.0 Å². The summed E-state index contributed by atoms with van der Waals surface area (Å²) in [5, 5.41) is 3.00. The number of halogens is 1. The molecule has 2 amide bonds. The van der Waals surface area contributed by atoms with Gasteiger partial charge in [0.1, 0.15) is 12.6 Å². The number of carbonyl (C=O) groups excluding carboxylic acids is 2. The van der Waals surface area contributed by atoms with Crippen molar-refractivity contribution in [1.82, 2.24) is 10.2 Å². The Hall–Kier alpha value is -4.35. The second-order valence-corrected chi connectivity index (χ2v) is 13.6. The summed E-state index contributed by atoms with van der Waals surface area (Å²) in [6.45, 7) is 2.00. The number of methoxy groups -OCH3 is 2. The normalized spacial score (nSPS) is 11.7. The van der Waals surface area contributed by atoms with Crippen molar-refractivity contribution in [3.8, 4) is 11.5 Å². The highest BCUT2D eigenvalue weighted by atomic mass is 79.9. The second kappa shape index (κ2) is 17.0. The fourth-order valence-electron chi connectivity index (χ4n) is 5.08. The maximum atomic E-state index is 14.6. The number of nitrogens with zero attached hydrogens (tertiary/aromatic N) is 2. The molecule has 0 radical (unpaired) electrons. The summed E-state index contributed by atoms with van der Waals surface area (Å²) in [5.41, 5.74) is 1.85. The van der Waals surface area contributed by atoms with Crippen LogP contribution in [-0.4, -0.2) is 58.5 Å². The maximum Gasteiger partial charge on any atom is 0.264 e. The number of anilines is 1. The highest BCUT2D eigenvalue weighted by Crippen LogP contribution is 2.34. The molecule has 0 saturated heterocycles. The van der Waals surface area contributed by atoms with E-state index in [1.807, 2.05) is 61.5 Å². The van der Waals surface area contributed by atoms with Crippen LogP contribution < -0.4 is 19.1 Å². The fraction of sp³-hybridized carbons (Fsp3) is 0.278. The van der Waals surface area contributed by atoms with Crippen molar-refractivity contribution in [3.63, 3.8) is 0 Å². The van der Waals surface area contributed by atoms with Crippen LogP contribution in [0.15, 0.2) is 112 Å². The smallest absolute Gasteiger partial charge is 0.264 e. The van der Waals surface area contributed by atoms with Crippen LogP contribution in [0.1, 0.15) is 30.9 Å². The third-order valence-electron chi connectivity index (χ3n) is 7.63. The van der Waals surface area contributed by atoms with Gasteiger partial charge in [-0.1, -0.05) is 89.9 Å². The molecule has 0 fully saturated rings. The highest BCUT2D eigenvalue weighted by Gasteiger charge is 2.35. The van der Waals surface area contributed by atoms with E-state index in [4.69, 9.17) is 9.47 Å². The molecule has 4 aromatic rings. The van der Waals surface area contributed by atoms with Gasteiger partial charge in [-0.3, -0.25) is 13.9 Å². The van der Waals surface area contributed by atoms with Gasteiger partial charge in [-0.2, -0.15) is 0 Å². The van der Waals surface area contributed by atoms with E-state index in [1.54, 1.807) is 30.3 Å². The third-order valence-corrected chi connectivity index (χ3v) is 9.95. The van der Waals surface area contributed by atoms with E-state index in [1.165, 1.54) is 37.3 Å². The van der Waals surface area contributed by atoms with Crippen LogP contribution >= 0.6 is 15.9 Å². The molecule has 0 aromatic heterocycles. The average molecular weight is 723 g/mol. The van der Waals surface area contributed by atoms with Crippen LogP contribution in [0.2, 0.25) is 0 Å². The summed E-state index contributed by atoms with van der Waals surface area (Å²) in [4.78, 5) is 30.0. The first-order valence-corrected chi connectivity index (χ1v) is 17.6. The lowest BCUT2D eigenvalue weighted by atomic mass is 10.0. The molecule has 0 heterocycles. The van der Waals surface area contributed by atoms with Crippen molar-refractivity contribution >= 4 is 43.5 Å². The number of sulfonamides is 1. The van der Waals surface area contributed by atoms with Crippen LogP contribution in [0.4, 0.5) is 5.69 Å². The van der Waals surface area contributed by atoms with Gasteiger partial charge in [-0.25, -0.2) is 8.42 Å². The number of hydrogen-bond donors (Lipinski definition) is 1. The van der Waals surface area contributed by atoms with Gasteiger partial charge in [-0.15, -0.1) is 0 Å². The lowest BCUT2D eigenvalue weighted by Crippen LogP contribution is -2.53. The van der Waals surface area contributed by atoms with Gasteiger partial charge in [0.2, 0.25) is 11.8 Å². The Morgan fingerprint density at radius 3 is 2.09 bits per heavy atom. The lowest BCUT2D eigenvalue weighted by Gasteiger charge is -2.34. The predicted molar refractivity (Wildman–Crippen MR) is 187 cm³/mol. The molecule has 4 rings (SSSR count). The van der Waals surface area contributed by atoms with Crippen molar-refractivity contribution in [3.05, 3.63) is 119 Å². The first kappa shape index (κ1) is 35.5. The first-order chi connectivity index (χ1) is 22.7. The number of nitrogens with one attached hydrogen (secondary N) is 1. The Morgan fingerprint density at radius 2 is 1.47 bits per heavy atom. The van der Waals surface area contributed by atoms with Crippen molar-refractivity contribution in [2.75, 3.05) is 31.6 Å². The number of unbranched alkanes of at least 4 members (excludes halogenated alkanes) is 1. The molecule has 248 valence electrons. The summed E-state index contributed by atoms with van der Waals surface area (Å²) in [7, 11) is -1.31. The van der Waals surface area contributed by atoms with Gasteiger partial charge < -0.3 is 19.7 Å². The van der Waals surface area contributed by atoms with Crippen LogP contribution in [0.25, 0.3) is 0 Å². The molecule has 0 spiro atoms. The quantitative estimate of drug-likeness (QED) is 0.138. The molecule has 4 aromatic carbocycles. The van der Waals surface area contributed by atoms with E-state index in [0.29, 0.717) is 18.0 Å². The minimum atomic E-state index is -4.25. The minimum Gasteiger partial charge on any atom is -0.493 e. The number of benzene rings is 4. The van der Waals surface area contributed by atoms with Gasteiger partial charge in [-0.05, 0) is 53.9 Å². The number of carbonyl (C=O) groups is 2. The van der Waals surface area contributed by atoms with Gasteiger partial charge in [0.15, 0.2) is 11.5 Å². The van der Waals surface area contributed by atoms with Gasteiger partial charge in [0.05, 0.1) is 24.8 Å². The van der Waals surface area contributed by atoms with E-state index in [9.17, 15) is 18.0 Å². The predicted octanol–water partition coefficient (Wildman–Crippen LogP) is 6.22. The first-order valence-electron chi connectivity index (χ1n) is 15.3. The summed E-state index contributed by atoms with van der Waals surface area (Å²) < 4.78 is 41.2. The van der Waals surface area contributed by atoms with E-state index >= 15 is 0 Å². The molecule has 0 aliphatic carbocycles. The molecular weight excluding hydrogens is 682 g/mol. The fourth-order valence-corrected chi connectivity index (χ4v) is 6.77. The Kier molecular flexibility index (Phi) is 12.8. The SMILES string of the molecule is CCCCNC(=O)C(Cc1ccccc1)N(Cc1ccc(Br)cc1)C(=O)CN(c1ccc(OC)c(OC)c1)S(=O)(=O)c1ccccc1. The van der Waals surface area contributed by atoms with Crippen LogP contribution in [-0.2, 0) is 32.6 Å². The van der Waals surface area contributed by atoms with E-state index in [-0.39, 0.29) is 29.5 Å². The Bertz CT molecular complexity index is 1720. The summed E-state index contributed by atoms with van der Waals surface area (Å²) in [6, 6.07) is 28.6. The van der Waals surface area contributed by atoms with Crippen LogP contribution in [0, 0.1) is 0 Å². The summed E-state index contributed by atoms with van der Waals surface area (Å²) >= 11 is 3.46. The summed E-state index contributed by atoms with van der Waals surface area (Å²) in [5.74, 6) is -0.150. The molecule has 47 heavy (non-hydrogen) atoms. The molecule has 11 heteroatoms. The molecule has 0 bridgehead atoms. The molecule has 9 nitrogen and oxygen atoms in total. The Labute approximate surface area is 285 Å². The molecule has 0 aliphatic rings. The zero-order valence-electron chi connectivity index (χ0n) is 26.8. The maximum absolute atomic E-state index is 14.6. The molecule has 0 saturated carbocycles. The van der Waals surface area contributed by atoms with Crippen molar-refractivity contribution in [2.24, 2.45) is 0 Å². The van der Waals surface area contributed by atoms with Crippen molar-refractivity contribution < 1.29 is 27.5 Å². The zero-order valence-corrected chi connectivity index (χ0v) is 29.2. The summed E-state index contributed by atoms with van der Waals surface area (Å²) in [6.07, 6.45) is 1.92. The third kappa shape index (κ3) is 9.36. The number of hydrogen-bond acceptors (Lipinski definition) is 6. The molecule has 1 N–H and O–H groups in total. The average Bonchev–Trinajstić information content (AvgIpc) is 3.10. The highest BCUT2D eigenvalue weighted by molar-refractivity contribution is 9.10. The van der Waals surface area contributed by atoms with E-state index < -0.39 is 28.5 Å². The molecule has 0 aliphatic heterocycles. The zero-order chi connectivity index (χ0) is 33.8. The lowest BCUT2D eigenvalue weighted by molar-refractivity contribution is -0.140. The van der Waals surface area contributed by atoms with E-state index in [2.05, 4.69) is 21.2 Å². The Balaban J connectivity index is 1.81. The van der Waals surface area contributed by atoms with Crippen molar-refractivity contribution in [1.29, 1.82) is 0 Å². The number of amides is 2. The van der Waals surface area contributed by atoms with Gasteiger partial charge >= 0.3 is 0 Å². The monoisotopic (exact) mass is 721 g/mol. The number of ether oxygens (including phenoxy) is 2. The molecule has 1 unspecified atom stereocenters. The topological polar surface area (TPSA) is 105 Å². The van der Waals surface area contributed by atoms with Crippen LogP contribution in [0.3, 0.4) is 0 Å². The molecular formula is C36H40BrN3O6S. The second-order valence-electron chi connectivity index (χ2n) is 10.9. The molecule has 1 atom stereocenters. The largest absolute Gasteiger partial charge is 0.493 e. The number of rotatable bonds is 16. The van der Waals surface area contributed by atoms with Gasteiger partial charge in [0.25, 0.3) is 10.0 Å². The minimum absolute atomic E-state index is 0.0141. The standard InChI is InChI=1S/C36H40BrN3O6S/c1-4-5-22-38-36(42)32(23-27-12-8-6-9-13-27)39(25-28-16-18-29(37)19-17-28)35(41)26-40(47(43,44)31-14-10-7-11-15-31)30-20-21-33(45-2)34(24-30)46-3/h6-21,24,32H,4-5,22-23,25-26H2,1-3H3,(H,38,42). The van der Waals surface area contributed by atoms with Crippen LogP contribution in [0.5, 0.6) is 11.5 Å².